The molecule has 0 unspecified atom stereocenters. The molecule has 0 spiro atoms. The molecular weight excluding hydrogens is 378 g/mol. The van der Waals surface area contributed by atoms with Crippen LogP contribution < -0.4 is 20.1 Å². The van der Waals surface area contributed by atoms with Crippen LogP contribution in [0.2, 0.25) is 0 Å². The Morgan fingerprint density at radius 1 is 0.833 bits per heavy atom. The average Bonchev–Trinajstić information content (AvgIpc) is 2.81. The molecule has 0 radical (unpaired) electrons. The molecule has 150 valence electrons. The van der Waals surface area contributed by atoms with Gasteiger partial charge in [0.05, 0.1) is 13.7 Å². The minimum atomic E-state index is 0.277. The van der Waals surface area contributed by atoms with Crippen LogP contribution >= 0.6 is 0 Å². The van der Waals surface area contributed by atoms with Crippen LogP contribution in [0.5, 0.6) is 17.4 Å². The van der Waals surface area contributed by atoms with Crippen molar-refractivity contribution in [2.75, 3.05) is 17.7 Å². The SMILES string of the molecule is COc1ccc(Oc2ncnc(N(Cc3ccccc3)c3ccccn3)c2N)cc1. The summed E-state index contributed by atoms with van der Waals surface area (Å²) < 4.78 is 11.1. The Hall–Kier alpha value is -4.13. The predicted octanol–water partition coefficient (Wildman–Crippen LogP) is 4.59. The number of hydrogen-bond donors (Lipinski definition) is 1. The molecule has 2 aromatic carbocycles. The van der Waals surface area contributed by atoms with Gasteiger partial charge < -0.3 is 20.1 Å². The lowest BCUT2D eigenvalue weighted by Crippen LogP contribution is -2.20. The average molecular weight is 399 g/mol. The highest BCUT2D eigenvalue weighted by Crippen LogP contribution is 2.35. The van der Waals surface area contributed by atoms with E-state index in [1.54, 1.807) is 25.4 Å². The molecule has 0 atom stereocenters. The first-order valence-corrected chi connectivity index (χ1v) is 9.39. The van der Waals surface area contributed by atoms with Gasteiger partial charge in [-0.3, -0.25) is 0 Å². The number of methoxy groups -OCH3 is 1. The number of rotatable bonds is 7. The van der Waals surface area contributed by atoms with Gasteiger partial charge in [-0.15, -0.1) is 0 Å². The lowest BCUT2D eigenvalue weighted by molar-refractivity contribution is 0.412. The van der Waals surface area contributed by atoms with E-state index in [0.717, 1.165) is 17.1 Å². The Kier molecular flexibility index (Phi) is 5.70. The maximum atomic E-state index is 6.43. The molecule has 4 aromatic rings. The van der Waals surface area contributed by atoms with Crippen molar-refractivity contribution >= 4 is 17.3 Å². The summed E-state index contributed by atoms with van der Waals surface area (Å²) in [5.74, 6) is 2.86. The molecule has 7 heteroatoms. The zero-order valence-corrected chi connectivity index (χ0v) is 16.5. The molecule has 0 aliphatic carbocycles. The van der Waals surface area contributed by atoms with Gasteiger partial charge in [-0.25, -0.2) is 9.97 Å². The molecule has 2 N–H and O–H groups in total. The fraction of sp³-hybridized carbons (Fsp3) is 0.0870. The summed E-state index contributed by atoms with van der Waals surface area (Å²) in [5.41, 5.74) is 7.86. The third-order valence-corrected chi connectivity index (χ3v) is 4.47. The van der Waals surface area contributed by atoms with E-state index in [1.807, 2.05) is 65.6 Å². The molecule has 2 heterocycles. The molecule has 0 amide bonds. The second-order valence-corrected chi connectivity index (χ2v) is 6.45. The minimum Gasteiger partial charge on any atom is -0.497 e. The fourth-order valence-corrected chi connectivity index (χ4v) is 2.97. The maximum absolute atomic E-state index is 6.43. The number of pyridine rings is 1. The lowest BCUT2D eigenvalue weighted by Gasteiger charge is -2.24. The number of hydrogen-bond acceptors (Lipinski definition) is 7. The Morgan fingerprint density at radius 3 is 2.27 bits per heavy atom. The minimum absolute atomic E-state index is 0.277. The van der Waals surface area contributed by atoms with Crippen molar-refractivity contribution in [3.63, 3.8) is 0 Å². The summed E-state index contributed by atoms with van der Waals surface area (Å²) in [7, 11) is 1.61. The Morgan fingerprint density at radius 2 is 1.57 bits per heavy atom. The highest BCUT2D eigenvalue weighted by atomic mass is 16.5. The zero-order chi connectivity index (χ0) is 20.8. The highest BCUT2D eigenvalue weighted by Gasteiger charge is 2.19. The van der Waals surface area contributed by atoms with E-state index in [1.165, 1.54) is 6.33 Å². The molecule has 2 aromatic heterocycles. The Bertz CT molecular complexity index is 1090. The topological polar surface area (TPSA) is 86.4 Å². The van der Waals surface area contributed by atoms with Crippen LogP contribution in [-0.4, -0.2) is 22.1 Å². The van der Waals surface area contributed by atoms with E-state index in [4.69, 9.17) is 15.2 Å². The second-order valence-electron chi connectivity index (χ2n) is 6.45. The quantitative estimate of drug-likeness (QED) is 0.486. The Labute approximate surface area is 174 Å². The number of nitrogen functional groups attached to an aromatic ring is 1. The largest absolute Gasteiger partial charge is 0.497 e. The van der Waals surface area contributed by atoms with Gasteiger partial charge in [-0.05, 0) is 42.0 Å². The van der Waals surface area contributed by atoms with Gasteiger partial charge in [-0.2, -0.15) is 4.98 Å². The molecule has 0 bridgehead atoms. The van der Waals surface area contributed by atoms with Crippen LogP contribution in [-0.2, 0) is 6.54 Å². The van der Waals surface area contributed by atoms with Gasteiger partial charge in [0, 0.05) is 6.20 Å². The first kappa shape index (κ1) is 19.2. The van der Waals surface area contributed by atoms with Crippen molar-refractivity contribution < 1.29 is 9.47 Å². The summed E-state index contributed by atoms with van der Waals surface area (Å²) in [6.07, 6.45) is 3.17. The van der Waals surface area contributed by atoms with Gasteiger partial charge in [0.2, 0.25) is 5.88 Å². The molecule has 4 rings (SSSR count). The van der Waals surface area contributed by atoms with Crippen LogP contribution in [0.25, 0.3) is 0 Å². The number of anilines is 3. The van der Waals surface area contributed by atoms with Gasteiger partial charge in [-0.1, -0.05) is 36.4 Å². The van der Waals surface area contributed by atoms with E-state index in [2.05, 4.69) is 15.0 Å². The van der Waals surface area contributed by atoms with E-state index in [-0.39, 0.29) is 5.88 Å². The predicted molar refractivity (Wildman–Crippen MR) is 116 cm³/mol. The van der Waals surface area contributed by atoms with Crippen LogP contribution in [0, 0.1) is 0 Å². The van der Waals surface area contributed by atoms with Crippen molar-refractivity contribution in [2.24, 2.45) is 0 Å². The van der Waals surface area contributed by atoms with Crippen LogP contribution in [0.1, 0.15) is 5.56 Å². The number of nitrogens with two attached hydrogens (primary N) is 1. The van der Waals surface area contributed by atoms with Crippen LogP contribution in [0.4, 0.5) is 17.3 Å². The first-order valence-electron chi connectivity index (χ1n) is 9.39. The summed E-state index contributed by atoms with van der Waals surface area (Å²) in [6, 6.07) is 23.0. The zero-order valence-electron chi connectivity index (χ0n) is 16.5. The van der Waals surface area contributed by atoms with Crippen molar-refractivity contribution in [1.82, 2.24) is 15.0 Å². The highest BCUT2D eigenvalue weighted by molar-refractivity contribution is 5.73. The second kappa shape index (κ2) is 8.91. The van der Waals surface area contributed by atoms with Crippen molar-refractivity contribution in [1.29, 1.82) is 0 Å². The van der Waals surface area contributed by atoms with E-state index in [0.29, 0.717) is 23.8 Å². The summed E-state index contributed by atoms with van der Waals surface area (Å²) in [4.78, 5) is 15.1. The molecule has 0 saturated heterocycles. The van der Waals surface area contributed by atoms with E-state index in [9.17, 15) is 0 Å². The first-order chi connectivity index (χ1) is 14.7. The van der Waals surface area contributed by atoms with Crippen molar-refractivity contribution in [3.8, 4) is 17.4 Å². The smallest absolute Gasteiger partial charge is 0.248 e. The third-order valence-electron chi connectivity index (χ3n) is 4.47. The summed E-state index contributed by atoms with van der Waals surface area (Å²) in [5, 5.41) is 0. The molecule has 7 nitrogen and oxygen atoms in total. The third kappa shape index (κ3) is 4.30. The van der Waals surface area contributed by atoms with Crippen LogP contribution in [0.15, 0.2) is 85.3 Å². The lowest BCUT2D eigenvalue weighted by atomic mass is 10.2. The summed E-state index contributed by atoms with van der Waals surface area (Å²) in [6.45, 7) is 0.543. The normalized spacial score (nSPS) is 10.4. The molecule has 0 aliphatic rings. The van der Waals surface area contributed by atoms with Gasteiger partial charge in [0.15, 0.2) is 5.82 Å². The summed E-state index contributed by atoms with van der Waals surface area (Å²) >= 11 is 0. The van der Waals surface area contributed by atoms with Gasteiger partial charge >= 0.3 is 0 Å². The number of nitrogens with zero attached hydrogens (tertiary/aromatic N) is 4. The van der Waals surface area contributed by atoms with Crippen molar-refractivity contribution in [2.45, 2.75) is 6.54 Å². The molecule has 0 fully saturated rings. The van der Waals surface area contributed by atoms with Crippen molar-refractivity contribution in [3.05, 3.63) is 90.9 Å². The van der Waals surface area contributed by atoms with E-state index >= 15 is 0 Å². The van der Waals surface area contributed by atoms with Gasteiger partial charge in [0.1, 0.15) is 29.3 Å². The fourth-order valence-electron chi connectivity index (χ4n) is 2.97. The van der Waals surface area contributed by atoms with E-state index < -0.39 is 0 Å². The molecule has 0 aliphatic heterocycles. The van der Waals surface area contributed by atoms with Gasteiger partial charge in [0.25, 0.3) is 0 Å². The standard InChI is InChI=1S/C23H21N5O2/c1-29-18-10-12-19(13-11-18)30-23-21(24)22(26-16-27-23)28(20-9-5-6-14-25-20)15-17-7-3-2-4-8-17/h2-14,16H,15,24H2,1H3. The molecule has 30 heavy (non-hydrogen) atoms. The number of benzene rings is 2. The number of aromatic nitrogens is 3. The molecule has 0 saturated carbocycles. The maximum Gasteiger partial charge on any atom is 0.248 e. The monoisotopic (exact) mass is 399 g/mol. The van der Waals surface area contributed by atoms with Crippen LogP contribution in [0.3, 0.4) is 0 Å². The number of ether oxygens (including phenoxy) is 2. The Balaban J connectivity index is 1.69. The molecular formula is C23H21N5O2.